The summed E-state index contributed by atoms with van der Waals surface area (Å²) in [4.78, 5) is 41.2. The molecule has 8 nitrogen and oxygen atoms in total. The predicted octanol–water partition coefficient (Wildman–Crippen LogP) is 1.63. The number of anilines is 1. The zero-order chi connectivity index (χ0) is 19.3. The molecular weight excluding hydrogens is 356 g/mol. The van der Waals surface area contributed by atoms with E-state index in [0.717, 1.165) is 30.8 Å². The molecular formula is C20H20N6O2. The van der Waals surface area contributed by atoms with Crippen molar-refractivity contribution in [2.75, 3.05) is 18.0 Å². The van der Waals surface area contributed by atoms with Crippen molar-refractivity contribution in [1.82, 2.24) is 25.3 Å². The van der Waals surface area contributed by atoms with Gasteiger partial charge in [-0.2, -0.15) is 0 Å². The Labute approximate surface area is 161 Å². The Balaban J connectivity index is 1.41. The Bertz CT molecular complexity index is 1000. The number of rotatable bonds is 4. The van der Waals surface area contributed by atoms with E-state index in [9.17, 15) is 9.59 Å². The summed E-state index contributed by atoms with van der Waals surface area (Å²) >= 11 is 0. The number of piperidine rings is 1. The largest absolute Gasteiger partial charge is 0.353 e. The van der Waals surface area contributed by atoms with Crippen LogP contribution in [0.5, 0.6) is 0 Å². The number of carbonyl (C=O) groups excluding carboxylic acids is 1. The minimum atomic E-state index is -0.260. The van der Waals surface area contributed by atoms with Gasteiger partial charge in [0.2, 0.25) is 0 Å². The average molecular weight is 376 g/mol. The monoisotopic (exact) mass is 376 g/mol. The summed E-state index contributed by atoms with van der Waals surface area (Å²) in [5.74, 6) is 0.716. The minimum absolute atomic E-state index is 0.0533. The molecule has 1 fully saturated rings. The van der Waals surface area contributed by atoms with Crippen LogP contribution in [0.4, 0.5) is 5.82 Å². The Kier molecular flexibility index (Phi) is 5.09. The maximum absolute atomic E-state index is 12.6. The molecule has 4 rings (SSSR count). The molecule has 1 aromatic carbocycles. The van der Waals surface area contributed by atoms with E-state index in [1.807, 2.05) is 0 Å². The maximum atomic E-state index is 12.6. The molecule has 28 heavy (non-hydrogen) atoms. The standard InChI is InChI=1S/C20H20N6O2/c27-19-12-22-10-17(25-19)14-3-5-15(6-4-14)20(28)24-16-2-1-9-26(13-16)18-11-21-7-8-23-18/h3-8,10-12,16H,1-2,9,13H2,(H,24,28)(H,25,27). The fourth-order valence-corrected chi connectivity index (χ4v) is 3.35. The molecule has 3 heterocycles. The lowest BCUT2D eigenvalue weighted by Crippen LogP contribution is -2.48. The van der Waals surface area contributed by atoms with E-state index < -0.39 is 0 Å². The van der Waals surface area contributed by atoms with Gasteiger partial charge < -0.3 is 15.2 Å². The van der Waals surface area contributed by atoms with Crippen molar-refractivity contribution < 1.29 is 4.79 Å². The predicted molar refractivity (Wildman–Crippen MR) is 105 cm³/mol. The van der Waals surface area contributed by atoms with Gasteiger partial charge in [0.1, 0.15) is 5.82 Å². The number of hydrogen-bond donors (Lipinski definition) is 2. The molecule has 1 unspecified atom stereocenters. The van der Waals surface area contributed by atoms with E-state index in [4.69, 9.17) is 0 Å². The molecule has 142 valence electrons. The van der Waals surface area contributed by atoms with Crippen molar-refractivity contribution >= 4 is 11.7 Å². The van der Waals surface area contributed by atoms with Crippen molar-refractivity contribution in [3.05, 3.63) is 71.2 Å². The van der Waals surface area contributed by atoms with Gasteiger partial charge in [0, 0.05) is 37.1 Å². The van der Waals surface area contributed by atoms with Crippen LogP contribution in [0, 0.1) is 0 Å². The van der Waals surface area contributed by atoms with Crippen LogP contribution >= 0.6 is 0 Å². The van der Waals surface area contributed by atoms with Crippen LogP contribution in [0.15, 0.2) is 60.0 Å². The summed E-state index contributed by atoms with van der Waals surface area (Å²) in [7, 11) is 0. The van der Waals surface area contributed by atoms with Crippen molar-refractivity contribution in [2.45, 2.75) is 18.9 Å². The van der Waals surface area contributed by atoms with E-state index in [2.05, 4.69) is 30.2 Å². The Morgan fingerprint density at radius 2 is 1.96 bits per heavy atom. The molecule has 8 heteroatoms. The van der Waals surface area contributed by atoms with Crippen LogP contribution in [-0.2, 0) is 0 Å². The third kappa shape index (κ3) is 4.06. The molecule has 2 aromatic heterocycles. The number of benzene rings is 1. The molecule has 0 spiro atoms. The van der Waals surface area contributed by atoms with Crippen LogP contribution < -0.4 is 15.8 Å². The van der Waals surface area contributed by atoms with Crippen LogP contribution in [-0.4, -0.2) is 45.0 Å². The first-order valence-electron chi connectivity index (χ1n) is 9.15. The number of nitrogens with one attached hydrogen (secondary N) is 2. The fraction of sp³-hybridized carbons (Fsp3) is 0.250. The Morgan fingerprint density at radius 1 is 1.11 bits per heavy atom. The van der Waals surface area contributed by atoms with Crippen molar-refractivity contribution in [1.29, 1.82) is 0 Å². The molecule has 0 bridgehead atoms. The summed E-state index contributed by atoms with van der Waals surface area (Å²) in [5.41, 5.74) is 1.73. The van der Waals surface area contributed by atoms with Crippen molar-refractivity contribution in [2.24, 2.45) is 0 Å². The molecule has 3 aromatic rings. The highest BCUT2D eigenvalue weighted by molar-refractivity contribution is 5.94. The Hall–Kier alpha value is -3.55. The highest BCUT2D eigenvalue weighted by Crippen LogP contribution is 2.18. The lowest BCUT2D eigenvalue weighted by Gasteiger charge is -2.33. The quantitative estimate of drug-likeness (QED) is 0.717. The third-order valence-electron chi connectivity index (χ3n) is 4.74. The van der Waals surface area contributed by atoms with Gasteiger partial charge >= 0.3 is 0 Å². The van der Waals surface area contributed by atoms with Gasteiger partial charge in [-0.15, -0.1) is 0 Å². The summed E-state index contributed by atoms with van der Waals surface area (Å²) < 4.78 is 0. The topological polar surface area (TPSA) is 104 Å². The summed E-state index contributed by atoms with van der Waals surface area (Å²) in [5, 5.41) is 3.10. The Morgan fingerprint density at radius 3 is 2.71 bits per heavy atom. The van der Waals surface area contributed by atoms with E-state index in [1.165, 1.54) is 6.20 Å². The van der Waals surface area contributed by atoms with Gasteiger partial charge in [-0.25, -0.2) is 4.98 Å². The first-order valence-corrected chi connectivity index (χ1v) is 9.15. The molecule has 0 aliphatic carbocycles. The van der Waals surface area contributed by atoms with Crippen LogP contribution in [0.2, 0.25) is 0 Å². The molecule has 2 N–H and O–H groups in total. The fourth-order valence-electron chi connectivity index (χ4n) is 3.35. The second-order valence-electron chi connectivity index (χ2n) is 6.71. The lowest BCUT2D eigenvalue weighted by molar-refractivity contribution is 0.0933. The molecule has 0 saturated carbocycles. The van der Waals surface area contributed by atoms with Gasteiger partial charge in [0.25, 0.3) is 11.5 Å². The van der Waals surface area contributed by atoms with E-state index in [-0.39, 0.29) is 17.5 Å². The lowest BCUT2D eigenvalue weighted by atomic mass is 10.0. The molecule has 1 aliphatic rings. The molecule has 0 radical (unpaired) electrons. The highest BCUT2D eigenvalue weighted by Gasteiger charge is 2.22. The third-order valence-corrected chi connectivity index (χ3v) is 4.74. The normalized spacial score (nSPS) is 16.6. The summed E-state index contributed by atoms with van der Waals surface area (Å²) in [6.07, 6.45) is 9.78. The van der Waals surface area contributed by atoms with Crippen LogP contribution in [0.3, 0.4) is 0 Å². The number of aromatic nitrogens is 4. The number of H-pyrrole nitrogens is 1. The number of nitrogens with zero attached hydrogens (tertiary/aromatic N) is 4. The molecule has 1 atom stereocenters. The number of hydrogen-bond acceptors (Lipinski definition) is 6. The van der Waals surface area contributed by atoms with E-state index in [0.29, 0.717) is 17.8 Å². The minimum Gasteiger partial charge on any atom is -0.353 e. The number of carbonyl (C=O) groups is 1. The van der Waals surface area contributed by atoms with Gasteiger partial charge in [0.05, 0.1) is 24.3 Å². The smallest absolute Gasteiger partial charge is 0.266 e. The molecule has 1 amide bonds. The molecule has 1 saturated heterocycles. The summed E-state index contributed by atoms with van der Waals surface area (Å²) in [6, 6.07) is 7.15. The zero-order valence-corrected chi connectivity index (χ0v) is 15.2. The summed E-state index contributed by atoms with van der Waals surface area (Å²) in [6.45, 7) is 1.61. The van der Waals surface area contributed by atoms with Gasteiger partial charge in [-0.05, 0) is 30.5 Å². The van der Waals surface area contributed by atoms with Crippen molar-refractivity contribution in [3.8, 4) is 11.3 Å². The maximum Gasteiger partial charge on any atom is 0.266 e. The SMILES string of the molecule is O=C(NC1CCCN(c2cnccn2)C1)c1ccc(-c2cncc(=O)[nH]2)cc1. The number of aromatic amines is 1. The van der Waals surface area contributed by atoms with Crippen LogP contribution in [0.1, 0.15) is 23.2 Å². The van der Waals surface area contributed by atoms with E-state index >= 15 is 0 Å². The second-order valence-corrected chi connectivity index (χ2v) is 6.71. The number of amides is 1. The second kappa shape index (κ2) is 7.99. The van der Waals surface area contributed by atoms with Gasteiger partial charge in [0.15, 0.2) is 0 Å². The van der Waals surface area contributed by atoms with Crippen molar-refractivity contribution in [3.63, 3.8) is 0 Å². The molecule has 1 aliphatic heterocycles. The van der Waals surface area contributed by atoms with Crippen LogP contribution in [0.25, 0.3) is 11.3 Å². The van der Waals surface area contributed by atoms with Gasteiger partial charge in [-0.3, -0.25) is 19.6 Å². The first kappa shape index (κ1) is 17.8. The zero-order valence-electron chi connectivity index (χ0n) is 15.2. The average Bonchev–Trinajstić information content (AvgIpc) is 2.75. The van der Waals surface area contributed by atoms with Gasteiger partial charge in [-0.1, -0.05) is 12.1 Å². The highest BCUT2D eigenvalue weighted by atomic mass is 16.1. The van der Waals surface area contributed by atoms with E-state index in [1.54, 1.807) is 49.1 Å². The first-order chi connectivity index (χ1) is 13.7.